The lowest BCUT2D eigenvalue weighted by Crippen LogP contribution is -2.49. The van der Waals surface area contributed by atoms with Crippen LogP contribution in [0.25, 0.3) is 0 Å². The number of carbonyl (C=O) groups excluding carboxylic acids is 1. The third-order valence-corrected chi connectivity index (χ3v) is 3.68. The molecular weight excluding hydrogens is 317 g/mol. The van der Waals surface area contributed by atoms with Gasteiger partial charge in [-0.15, -0.1) is 0 Å². The summed E-state index contributed by atoms with van der Waals surface area (Å²) in [5, 5.41) is 12.4. The Labute approximate surface area is 131 Å². The number of rotatable bonds is 4. The van der Waals surface area contributed by atoms with E-state index in [1.165, 1.54) is 17.9 Å². The van der Waals surface area contributed by atoms with Gasteiger partial charge in [-0.3, -0.25) is 0 Å². The summed E-state index contributed by atoms with van der Waals surface area (Å²) in [7, 11) is 0. The topological polar surface area (TPSA) is 74.9 Å². The Morgan fingerprint density at radius 3 is 2.52 bits per heavy atom. The van der Waals surface area contributed by atoms with Gasteiger partial charge in [0.25, 0.3) is 0 Å². The van der Waals surface area contributed by atoms with Gasteiger partial charge >= 0.3 is 12.2 Å². The molecule has 2 rings (SSSR count). The maximum atomic E-state index is 13.2. The molecule has 0 bridgehead atoms. The SMILES string of the molecule is Cc1ccc(C(O)(CCNC(=O)N2CCOCC2)C(F)(F)F)o1. The van der Waals surface area contributed by atoms with E-state index in [2.05, 4.69) is 5.32 Å². The molecule has 130 valence electrons. The molecule has 2 N–H and O–H groups in total. The number of hydrogen-bond donors (Lipinski definition) is 2. The molecule has 1 unspecified atom stereocenters. The molecule has 0 aromatic carbocycles. The molecule has 0 saturated carbocycles. The van der Waals surface area contributed by atoms with Crippen LogP contribution in [0, 0.1) is 6.92 Å². The Balaban J connectivity index is 1.98. The van der Waals surface area contributed by atoms with Gasteiger partial charge in [0.1, 0.15) is 11.5 Å². The summed E-state index contributed by atoms with van der Waals surface area (Å²) in [4.78, 5) is 13.3. The zero-order valence-corrected chi connectivity index (χ0v) is 12.7. The highest BCUT2D eigenvalue weighted by Gasteiger charge is 2.56. The lowest BCUT2D eigenvalue weighted by atomic mass is 9.96. The van der Waals surface area contributed by atoms with Crippen molar-refractivity contribution < 1.29 is 32.2 Å². The van der Waals surface area contributed by atoms with Crippen molar-refractivity contribution in [3.63, 3.8) is 0 Å². The van der Waals surface area contributed by atoms with Gasteiger partial charge in [0.15, 0.2) is 0 Å². The first-order chi connectivity index (χ1) is 10.7. The Hall–Kier alpha value is -1.74. The number of aliphatic hydroxyl groups is 1. The van der Waals surface area contributed by atoms with Crippen LogP contribution >= 0.6 is 0 Å². The summed E-state index contributed by atoms with van der Waals surface area (Å²) < 4.78 is 49.7. The zero-order chi connectivity index (χ0) is 17.1. The van der Waals surface area contributed by atoms with Crippen molar-refractivity contribution in [3.05, 3.63) is 23.7 Å². The Morgan fingerprint density at radius 2 is 2.00 bits per heavy atom. The Morgan fingerprint density at radius 1 is 1.35 bits per heavy atom. The molecule has 1 aromatic rings. The van der Waals surface area contributed by atoms with E-state index in [1.807, 2.05) is 0 Å². The van der Waals surface area contributed by atoms with Crippen molar-refractivity contribution in [2.24, 2.45) is 0 Å². The number of halogens is 3. The molecule has 1 aliphatic heterocycles. The third-order valence-electron chi connectivity index (χ3n) is 3.68. The van der Waals surface area contributed by atoms with E-state index in [4.69, 9.17) is 9.15 Å². The molecule has 0 radical (unpaired) electrons. The van der Waals surface area contributed by atoms with Crippen LogP contribution in [0.15, 0.2) is 16.5 Å². The minimum atomic E-state index is -4.92. The normalized spacial score (nSPS) is 18.6. The number of aryl methyl sites for hydroxylation is 1. The van der Waals surface area contributed by atoms with Gasteiger partial charge in [0.2, 0.25) is 5.60 Å². The first kappa shape index (κ1) is 17.6. The summed E-state index contributed by atoms with van der Waals surface area (Å²) in [6.07, 6.45) is -5.65. The molecule has 0 aliphatic carbocycles. The number of furan rings is 1. The van der Waals surface area contributed by atoms with Crippen molar-refractivity contribution in [2.75, 3.05) is 32.8 Å². The molecule has 1 fully saturated rings. The van der Waals surface area contributed by atoms with Crippen LogP contribution < -0.4 is 5.32 Å². The fraction of sp³-hybridized carbons (Fsp3) is 0.643. The summed E-state index contributed by atoms with van der Waals surface area (Å²) in [5.41, 5.74) is -3.14. The lowest BCUT2D eigenvalue weighted by molar-refractivity contribution is -0.274. The molecular formula is C14H19F3N2O4. The van der Waals surface area contributed by atoms with Crippen LogP contribution in [0.1, 0.15) is 17.9 Å². The molecule has 6 nitrogen and oxygen atoms in total. The van der Waals surface area contributed by atoms with Crippen LogP contribution in [-0.2, 0) is 10.3 Å². The fourth-order valence-electron chi connectivity index (χ4n) is 2.29. The van der Waals surface area contributed by atoms with Crippen molar-refractivity contribution in [2.45, 2.75) is 25.1 Å². The minimum absolute atomic E-state index is 0.264. The molecule has 1 aromatic heterocycles. The summed E-state index contributed by atoms with van der Waals surface area (Å²) >= 11 is 0. The summed E-state index contributed by atoms with van der Waals surface area (Å²) in [6, 6.07) is 1.96. The van der Waals surface area contributed by atoms with E-state index in [-0.39, 0.29) is 12.3 Å². The minimum Gasteiger partial charge on any atom is -0.463 e. The first-order valence-electron chi connectivity index (χ1n) is 7.20. The zero-order valence-electron chi connectivity index (χ0n) is 12.7. The number of amides is 2. The highest BCUT2D eigenvalue weighted by molar-refractivity contribution is 5.74. The standard InChI is InChI=1S/C14H19F3N2O4/c1-10-2-3-11(23-10)13(21,14(15,16)17)4-5-18-12(20)19-6-8-22-9-7-19/h2-3,21H,4-9H2,1H3,(H,18,20). The second-order valence-electron chi connectivity index (χ2n) is 5.35. The van der Waals surface area contributed by atoms with E-state index >= 15 is 0 Å². The molecule has 0 spiro atoms. The van der Waals surface area contributed by atoms with Crippen LogP contribution in [0.5, 0.6) is 0 Å². The van der Waals surface area contributed by atoms with E-state index in [0.717, 1.165) is 6.07 Å². The molecule has 1 saturated heterocycles. The predicted molar refractivity (Wildman–Crippen MR) is 73.8 cm³/mol. The first-order valence-corrected chi connectivity index (χ1v) is 7.20. The fourth-order valence-corrected chi connectivity index (χ4v) is 2.29. The van der Waals surface area contributed by atoms with Gasteiger partial charge in [-0.1, -0.05) is 0 Å². The second-order valence-corrected chi connectivity index (χ2v) is 5.35. The van der Waals surface area contributed by atoms with E-state index in [1.54, 1.807) is 0 Å². The number of hydrogen-bond acceptors (Lipinski definition) is 4. The largest absolute Gasteiger partial charge is 0.463 e. The number of nitrogens with one attached hydrogen (secondary N) is 1. The smallest absolute Gasteiger partial charge is 0.424 e. The van der Waals surface area contributed by atoms with E-state index < -0.39 is 30.0 Å². The molecule has 1 aliphatic rings. The lowest BCUT2D eigenvalue weighted by Gasteiger charge is -2.30. The monoisotopic (exact) mass is 336 g/mol. The number of carbonyl (C=O) groups is 1. The van der Waals surface area contributed by atoms with Crippen LogP contribution in [-0.4, -0.2) is 55.1 Å². The van der Waals surface area contributed by atoms with E-state index in [0.29, 0.717) is 26.3 Å². The van der Waals surface area contributed by atoms with Crippen LogP contribution in [0.4, 0.5) is 18.0 Å². The van der Waals surface area contributed by atoms with Gasteiger partial charge in [-0.2, -0.15) is 13.2 Å². The maximum absolute atomic E-state index is 13.2. The Bertz CT molecular complexity index is 540. The average Bonchev–Trinajstić information content (AvgIpc) is 2.93. The average molecular weight is 336 g/mol. The summed E-state index contributed by atoms with van der Waals surface area (Å²) in [6.45, 7) is 2.70. The number of urea groups is 1. The van der Waals surface area contributed by atoms with Gasteiger partial charge in [0, 0.05) is 26.1 Å². The predicted octanol–water partition coefficient (Wildman–Crippen LogP) is 1.77. The highest BCUT2D eigenvalue weighted by Crippen LogP contribution is 2.41. The quantitative estimate of drug-likeness (QED) is 0.879. The third kappa shape index (κ3) is 3.97. The van der Waals surface area contributed by atoms with Gasteiger partial charge < -0.3 is 24.5 Å². The Kier molecular flexibility index (Phi) is 5.20. The number of morpholine rings is 1. The van der Waals surface area contributed by atoms with E-state index in [9.17, 15) is 23.1 Å². The van der Waals surface area contributed by atoms with Gasteiger partial charge in [0.05, 0.1) is 13.2 Å². The highest BCUT2D eigenvalue weighted by atomic mass is 19.4. The molecule has 2 amide bonds. The second kappa shape index (κ2) is 6.79. The molecule has 1 atom stereocenters. The molecule has 2 heterocycles. The molecule has 23 heavy (non-hydrogen) atoms. The van der Waals surface area contributed by atoms with Gasteiger partial charge in [-0.25, -0.2) is 4.79 Å². The summed E-state index contributed by atoms with van der Waals surface area (Å²) in [5.74, 6) is -0.317. The van der Waals surface area contributed by atoms with Crippen molar-refractivity contribution in [3.8, 4) is 0 Å². The van der Waals surface area contributed by atoms with Crippen LogP contribution in [0.3, 0.4) is 0 Å². The molecule has 9 heteroatoms. The number of ether oxygens (including phenoxy) is 1. The van der Waals surface area contributed by atoms with Crippen molar-refractivity contribution >= 4 is 6.03 Å². The maximum Gasteiger partial charge on any atom is 0.424 e. The van der Waals surface area contributed by atoms with Crippen molar-refractivity contribution in [1.29, 1.82) is 0 Å². The van der Waals surface area contributed by atoms with Crippen LogP contribution in [0.2, 0.25) is 0 Å². The van der Waals surface area contributed by atoms with Gasteiger partial charge in [-0.05, 0) is 19.1 Å². The van der Waals surface area contributed by atoms with Crippen molar-refractivity contribution in [1.82, 2.24) is 10.2 Å². The number of nitrogens with zero attached hydrogens (tertiary/aromatic N) is 1. The number of alkyl halides is 3.